The van der Waals surface area contributed by atoms with Gasteiger partial charge in [0, 0.05) is 24.7 Å². The third-order valence-corrected chi connectivity index (χ3v) is 4.34. The third kappa shape index (κ3) is 3.35. The standard InChI is InChI=1S/C22H20N4/c1-26(18-12-6-3-7-13-18)22-24-20-15-9-8-14-19(20)21(25-22)23-16-17-10-4-2-5-11-17/h2-15H,16H2,1H3,(H,23,24,25). The fourth-order valence-electron chi connectivity index (χ4n) is 2.90. The van der Waals surface area contributed by atoms with Gasteiger partial charge in [0.25, 0.3) is 0 Å². The molecule has 128 valence electrons. The van der Waals surface area contributed by atoms with E-state index in [0.29, 0.717) is 5.95 Å². The van der Waals surface area contributed by atoms with Gasteiger partial charge in [-0.3, -0.25) is 0 Å². The summed E-state index contributed by atoms with van der Waals surface area (Å²) in [5.74, 6) is 1.52. The molecule has 4 rings (SSSR count). The highest BCUT2D eigenvalue weighted by molar-refractivity contribution is 5.90. The molecule has 0 amide bonds. The Morgan fingerprint density at radius 3 is 2.19 bits per heavy atom. The molecule has 0 saturated carbocycles. The Morgan fingerprint density at radius 1 is 0.769 bits per heavy atom. The van der Waals surface area contributed by atoms with Crippen LogP contribution < -0.4 is 10.2 Å². The lowest BCUT2D eigenvalue weighted by molar-refractivity contribution is 1.04. The number of para-hydroxylation sites is 2. The first-order valence-corrected chi connectivity index (χ1v) is 8.64. The van der Waals surface area contributed by atoms with Crippen molar-refractivity contribution in [3.8, 4) is 0 Å². The number of nitrogens with zero attached hydrogens (tertiary/aromatic N) is 3. The molecule has 4 nitrogen and oxygen atoms in total. The van der Waals surface area contributed by atoms with Gasteiger partial charge in [-0.15, -0.1) is 0 Å². The van der Waals surface area contributed by atoms with Gasteiger partial charge < -0.3 is 10.2 Å². The minimum absolute atomic E-state index is 0.672. The molecule has 0 atom stereocenters. The molecular weight excluding hydrogens is 320 g/mol. The molecule has 0 saturated heterocycles. The topological polar surface area (TPSA) is 41.1 Å². The second kappa shape index (κ2) is 7.23. The first-order chi connectivity index (χ1) is 12.8. The number of rotatable bonds is 5. The highest BCUT2D eigenvalue weighted by atomic mass is 15.2. The largest absolute Gasteiger partial charge is 0.365 e. The number of nitrogens with one attached hydrogen (secondary N) is 1. The zero-order valence-corrected chi connectivity index (χ0v) is 14.6. The number of benzene rings is 3. The normalized spacial score (nSPS) is 10.7. The van der Waals surface area contributed by atoms with Crippen molar-refractivity contribution >= 4 is 28.4 Å². The van der Waals surface area contributed by atoms with Crippen LogP contribution >= 0.6 is 0 Å². The fraction of sp³-hybridized carbons (Fsp3) is 0.0909. The van der Waals surface area contributed by atoms with Gasteiger partial charge in [0.05, 0.1) is 5.52 Å². The van der Waals surface area contributed by atoms with Crippen molar-refractivity contribution in [2.45, 2.75) is 6.54 Å². The summed E-state index contributed by atoms with van der Waals surface area (Å²) < 4.78 is 0. The average molecular weight is 340 g/mol. The summed E-state index contributed by atoms with van der Waals surface area (Å²) in [6.45, 7) is 0.719. The molecular formula is C22H20N4. The number of aromatic nitrogens is 2. The second-order valence-electron chi connectivity index (χ2n) is 6.12. The number of fused-ring (bicyclic) bond motifs is 1. The molecule has 0 spiro atoms. The zero-order valence-electron chi connectivity index (χ0n) is 14.6. The Morgan fingerprint density at radius 2 is 1.42 bits per heavy atom. The monoisotopic (exact) mass is 340 g/mol. The Kier molecular flexibility index (Phi) is 4.48. The molecule has 0 aliphatic carbocycles. The van der Waals surface area contributed by atoms with E-state index in [9.17, 15) is 0 Å². The first-order valence-electron chi connectivity index (χ1n) is 8.64. The van der Waals surface area contributed by atoms with E-state index >= 15 is 0 Å². The van der Waals surface area contributed by atoms with E-state index in [4.69, 9.17) is 9.97 Å². The van der Waals surface area contributed by atoms with Gasteiger partial charge in [-0.2, -0.15) is 4.98 Å². The van der Waals surface area contributed by atoms with E-state index in [2.05, 4.69) is 35.6 Å². The minimum atomic E-state index is 0.672. The minimum Gasteiger partial charge on any atom is -0.365 e. The molecule has 1 N–H and O–H groups in total. The van der Waals surface area contributed by atoms with Gasteiger partial charge in [-0.25, -0.2) is 4.98 Å². The summed E-state index contributed by atoms with van der Waals surface area (Å²) >= 11 is 0. The van der Waals surface area contributed by atoms with Crippen molar-refractivity contribution < 1.29 is 0 Å². The maximum atomic E-state index is 4.80. The van der Waals surface area contributed by atoms with Gasteiger partial charge in [-0.1, -0.05) is 60.7 Å². The van der Waals surface area contributed by atoms with Gasteiger partial charge in [0.1, 0.15) is 5.82 Å². The summed E-state index contributed by atoms with van der Waals surface area (Å²) in [5.41, 5.74) is 3.20. The van der Waals surface area contributed by atoms with Crippen LogP contribution in [0.25, 0.3) is 10.9 Å². The smallest absolute Gasteiger partial charge is 0.232 e. The van der Waals surface area contributed by atoms with Gasteiger partial charge >= 0.3 is 0 Å². The summed E-state index contributed by atoms with van der Waals surface area (Å²) in [7, 11) is 1.99. The van der Waals surface area contributed by atoms with Crippen LogP contribution in [0, 0.1) is 0 Å². The van der Waals surface area contributed by atoms with Crippen molar-refractivity contribution in [2.24, 2.45) is 0 Å². The number of hydrogen-bond donors (Lipinski definition) is 1. The molecule has 0 aliphatic heterocycles. The fourth-order valence-corrected chi connectivity index (χ4v) is 2.90. The predicted molar refractivity (Wildman–Crippen MR) is 108 cm³/mol. The maximum absolute atomic E-state index is 4.80. The Labute approximate surface area is 153 Å². The third-order valence-electron chi connectivity index (χ3n) is 4.34. The zero-order chi connectivity index (χ0) is 17.8. The molecule has 0 bridgehead atoms. The van der Waals surface area contributed by atoms with Crippen LogP contribution in [-0.4, -0.2) is 17.0 Å². The maximum Gasteiger partial charge on any atom is 0.232 e. The van der Waals surface area contributed by atoms with Crippen molar-refractivity contribution in [2.75, 3.05) is 17.3 Å². The molecule has 0 radical (unpaired) electrons. The quantitative estimate of drug-likeness (QED) is 0.554. The van der Waals surface area contributed by atoms with E-state index in [0.717, 1.165) is 29.0 Å². The highest BCUT2D eigenvalue weighted by Crippen LogP contribution is 2.26. The molecule has 26 heavy (non-hydrogen) atoms. The molecule has 4 aromatic rings. The van der Waals surface area contributed by atoms with E-state index in [1.807, 2.05) is 66.5 Å². The molecule has 3 aromatic carbocycles. The van der Waals surface area contributed by atoms with Crippen LogP contribution in [0.2, 0.25) is 0 Å². The van der Waals surface area contributed by atoms with Crippen molar-refractivity contribution in [1.29, 1.82) is 0 Å². The molecule has 4 heteroatoms. The number of anilines is 3. The SMILES string of the molecule is CN(c1ccccc1)c1nc(NCc2ccccc2)c2ccccc2n1. The lowest BCUT2D eigenvalue weighted by atomic mass is 10.2. The predicted octanol–water partition coefficient (Wildman–Crippen LogP) is 5.01. The first kappa shape index (κ1) is 16.1. The van der Waals surface area contributed by atoms with Crippen LogP contribution in [0.15, 0.2) is 84.9 Å². The average Bonchev–Trinajstić information content (AvgIpc) is 2.72. The molecule has 0 fully saturated rings. The van der Waals surface area contributed by atoms with E-state index in [-0.39, 0.29) is 0 Å². The van der Waals surface area contributed by atoms with Crippen LogP contribution in [0.1, 0.15) is 5.56 Å². The van der Waals surface area contributed by atoms with E-state index in [1.165, 1.54) is 5.56 Å². The Bertz CT molecular complexity index is 1000. The Hall–Kier alpha value is -3.40. The van der Waals surface area contributed by atoms with Crippen molar-refractivity contribution in [1.82, 2.24) is 9.97 Å². The van der Waals surface area contributed by atoms with Crippen molar-refractivity contribution in [3.63, 3.8) is 0 Å². The highest BCUT2D eigenvalue weighted by Gasteiger charge is 2.12. The second-order valence-corrected chi connectivity index (χ2v) is 6.12. The van der Waals surface area contributed by atoms with Crippen molar-refractivity contribution in [3.05, 3.63) is 90.5 Å². The number of hydrogen-bond acceptors (Lipinski definition) is 4. The van der Waals surface area contributed by atoms with Crippen LogP contribution in [-0.2, 0) is 6.54 Å². The molecule has 0 aliphatic rings. The van der Waals surface area contributed by atoms with E-state index in [1.54, 1.807) is 0 Å². The van der Waals surface area contributed by atoms with Crippen LogP contribution in [0.4, 0.5) is 17.5 Å². The van der Waals surface area contributed by atoms with Gasteiger partial charge in [0.15, 0.2) is 0 Å². The van der Waals surface area contributed by atoms with Crippen LogP contribution in [0.3, 0.4) is 0 Å². The van der Waals surface area contributed by atoms with Gasteiger partial charge in [0.2, 0.25) is 5.95 Å². The Balaban J connectivity index is 1.71. The lowest BCUT2D eigenvalue weighted by Gasteiger charge is -2.19. The summed E-state index contributed by atoms with van der Waals surface area (Å²) in [4.78, 5) is 11.5. The summed E-state index contributed by atoms with van der Waals surface area (Å²) in [5, 5.41) is 4.49. The lowest BCUT2D eigenvalue weighted by Crippen LogP contribution is -2.14. The van der Waals surface area contributed by atoms with Gasteiger partial charge in [-0.05, 0) is 29.8 Å². The summed E-state index contributed by atoms with van der Waals surface area (Å²) in [6, 6.07) is 28.6. The van der Waals surface area contributed by atoms with Crippen LogP contribution in [0.5, 0.6) is 0 Å². The molecule has 0 unspecified atom stereocenters. The molecule has 1 aromatic heterocycles. The molecule has 1 heterocycles. The summed E-state index contributed by atoms with van der Waals surface area (Å²) in [6.07, 6.45) is 0. The van der Waals surface area contributed by atoms with E-state index < -0.39 is 0 Å².